The molecular weight excluding hydrogens is 237 g/mol. The number of hydrogen-bond acceptors (Lipinski definition) is 1. The Morgan fingerprint density at radius 3 is 2.59 bits per heavy atom. The van der Waals surface area contributed by atoms with Crippen molar-refractivity contribution in [3.63, 3.8) is 0 Å². The number of rotatable bonds is 8. The minimum atomic E-state index is -0.250. The van der Waals surface area contributed by atoms with E-state index in [0.29, 0.717) is 10.7 Å². The monoisotopic (exact) mass is 257 g/mol. The third kappa shape index (κ3) is 5.92. The second kappa shape index (κ2) is 8.35. The fraction of sp³-hybridized carbons (Fsp3) is 0.571. The van der Waals surface area contributed by atoms with Crippen LogP contribution in [0.2, 0.25) is 5.02 Å². The molecule has 17 heavy (non-hydrogen) atoms. The largest absolute Gasteiger partial charge is 0.384 e. The van der Waals surface area contributed by atoms with E-state index < -0.39 is 0 Å². The molecule has 0 saturated heterocycles. The first-order valence-electron chi connectivity index (χ1n) is 6.43. The molecular formula is C14H21ClFN. The number of nitrogens with one attached hydrogen (secondary N) is 1. The molecule has 1 rings (SSSR count). The lowest BCUT2D eigenvalue weighted by atomic mass is 10.1. The van der Waals surface area contributed by atoms with Gasteiger partial charge in [0.15, 0.2) is 0 Å². The SMILES string of the molecule is CCCCCCCCNc1cc(F)ccc1Cl. The lowest BCUT2D eigenvalue weighted by Gasteiger charge is -2.08. The van der Waals surface area contributed by atoms with Crippen LogP contribution in [-0.4, -0.2) is 6.54 Å². The molecule has 3 heteroatoms. The molecule has 1 aromatic carbocycles. The van der Waals surface area contributed by atoms with Gasteiger partial charge in [0.2, 0.25) is 0 Å². The van der Waals surface area contributed by atoms with Crippen molar-refractivity contribution in [2.75, 3.05) is 11.9 Å². The minimum Gasteiger partial charge on any atom is -0.384 e. The summed E-state index contributed by atoms with van der Waals surface area (Å²) in [5.74, 6) is -0.250. The fourth-order valence-electron chi connectivity index (χ4n) is 1.76. The van der Waals surface area contributed by atoms with Gasteiger partial charge in [-0.25, -0.2) is 4.39 Å². The van der Waals surface area contributed by atoms with E-state index in [1.807, 2.05) is 0 Å². The average Bonchev–Trinajstić information content (AvgIpc) is 2.32. The van der Waals surface area contributed by atoms with Gasteiger partial charge in [0.1, 0.15) is 5.82 Å². The molecule has 0 aromatic heterocycles. The Balaban J connectivity index is 2.15. The maximum Gasteiger partial charge on any atom is 0.125 e. The van der Waals surface area contributed by atoms with Gasteiger partial charge in [-0.15, -0.1) is 0 Å². The summed E-state index contributed by atoms with van der Waals surface area (Å²) >= 11 is 5.95. The van der Waals surface area contributed by atoms with Crippen LogP contribution in [0.15, 0.2) is 18.2 Å². The molecule has 0 bridgehead atoms. The summed E-state index contributed by atoms with van der Waals surface area (Å²) < 4.78 is 13.0. The molecule has 1 aromatic rings. The number of unbranched alkanes of at least 4 members (excludes halogenated alkanes) is 5. The zero-order chi connectivity index (χ0) is 12.5. The molecule has 1 nitrogen and oxygen atoms in total. The third-order valence-corrected chi connectivity index (χ3v) is 3.10. The first kappa shape index (κ1) is 14.3. The van der Waals surface area contributed by atoms with Gasteiger partial charge in [-0.05, 0) is 24.6 Å². The van der Waals surface area contributed by atoms with Crippen molar-refractivity contribution in [1.82, 2.24) is 0 Å². The van der Waals surface area contributed by atoms with Gasteiger partial charge in [0, 0.05) is 6.54 Å². The van der Waals surface area contributed by atoms with Crippen LogP contribution in [0.4, 0.5) is 10.1 Å². The van der Waals surface area contributed by atoms with Gasteiger partial charge >= 0.3 is 0 Å². The van der Waals surface area contributed by atoms with E-state index in [4.69, 9.17) is 11.6 Å². The van der Waals surface area contributed by atoms with Crippen molar-refractivity contribution in [3.8, 4) is 0 Å². The Hall–Kier alpha value is -0.760. The van der Waals surface area contributed by atoms with Gasteiger partial charge in [-0.3, -0.25) is 0 Å². The summed E-state index contributed by atoms with van der Waals surface area (Å²) in [6, 6.07) is 4.40. The highest BCUT2D eigenvalue weighted by Crippen LogP contribution is 2.22. The zero-order valence-electron chi connectivity index (χ0n) is 10.4. The molecule has 96 valence electrons. The van der Waals surface area contributed by atoms with Gasteiger partial charge in [-0.1, -0.05) is 50.6 Å². The molecule has 0 saturated carbocycles. The van der Waals surface area contributed by atoms with Crippen molar-refractivity contribution < 1.29 is 4.39 Å². The normalized spacial score (nSPS) is 10.5. The van der Waals surface area contributed by atoms with Gasteiger partial charge < -0.3 is 5.32 Å². The lowest BCUT2D eigenvalue weighted by Crippen LogP contribution is -2.02. The van der Waals surface area contributed by atoms with Crippen LogP contribution in [0.3, 0.4) is 0 Å². The van der Waals surface area contributed by atoms with E-state index in [0.717, 1.165) is 13.0 Å². The Morgan fingerprint density at radius 1 is 1.12 bits per heavy atom. The number of benzene rings is 1. The molecule has 0 amide bonds. The van der Waals surface area contributed by atoms with Crippen molar-refractivity contribution in [1.29, 1.82) is 0 Å². The van der Waals surface area contributed by atoms with Gasteiger partial charge in [-0.2, -0.15) is 0 Å². The van der Waals surface area contributed by atoms with Crippen LogP contribution < -0.4 is 5.32 Å². The lowest BCUT2D eigenvalue weighted by molar-refractivity contribution is 0.616. The first-order chi connectivity index (χ1) is 8.24. The molecule has 0 aliphatic carbocycles. The molecule has 0 spiro atoms. The van der Waals surface area contributed by atoms with Gasteiger partial charge in [0.25, 0.3) is 0 Å². The second-order valence-corrected chi connectivity index (χ2v) is 4.73. The Kier molecular flexibility index (Phi) is 7.02. The summed E-state index contributed by atoms with van der Waals surface area (Å²) in [6.45, 7) is 3.07. The smallest absolute Gasteiger partial charge is 0.125 e. The molecule has 0 fully saturated rings. The molecule has 1 N–H and O–H groups in total. The van der Waals surface area contributed by atoms with Crippen molar-refractivity contribution >= 4 is 17.3 Å². The zero-order valence-corrected chi connectivity index (χ0v) is 11.2. The van der Waals surface area contributed by atoms with E-state index in [9.17, 15) is 4.39 Å². The molecule has 0 aliphatic rings. The van der Waals surface area contributed by atoms with E-state index in [-0.39, 0.29) is 5.82 Å². The maximum atomic E-state index is 13.0. The number of hydrogen-bond donors (Lipinski definition) is 1. The van der Waals surface area contributed by atoms with Crippen LogP contribution >= 0.6 is 11.6 Å². The molecule has 0 heterocycles. The number of halogens is 2. The van der Waals surface area contributed by atoms with Crippen molar-refractivity contribution in [2.24, 2.45) is 0 Å². The van der Waals surface area contributed by atoms with Gasteiger partial charge in [0.05, 0.1) is 10.7 Å². The molecule has 0 atom stereocenters. The fourth-order valence-corrected chi connectivity index (χ4v) is 1.95. The summed E-state index contributed by atoms with van der Waals surface area (Å²) in [5.41, 5.74) is 0.695. The van der Waals surface area contributed by atoms with Crippen LogP contribution in [0.1, 0.15) is 45.4 Å². The van der Waals surface area contributed by atoms with Crippen molar-refractivity contribution in [3.05, 3.63) is 29.0 Å². The topological polar surface area (TPSA) is 12.0 Å². The predicted molar refractivity (Wildman–Crippen MR) is 73.3 cm³/mol. The Morgan fingerprint density at radius 2 is 1.82 bits per heavy atom. The Bertz CT molecular complexity index is 328. The van der Waals surface area contributed by atoms with E-state index in [1.165, 1.54) is 44.2 Å². The quantitative estimate of drug-likeness (QED) is 0.627. The van der Waals surface area contributed by atoms with Crippen LogP contribution in [-0.2, 0) is 0 Å². The molecule has 0 unspecified atom stereocenters. The van der Waals surface area contributed by atoms with E-state index in [1.54, 1.807) is 6.07 Å². The predicted octanol–water partition coefficient (Wildman–Crippen LogP) is 5.25. The highest BCUT2D eigenvalue weighted by Gasteiger charge is 2.00. The van der Waals surface area contributed by atoms with Crippen LogP contribution in [0.25, 0.3) is 0 Å². The summed E-state index contributed by atoms with van der Waals surface area (Å²) in [4.78, 5) is 0. The van der Waals surface area contributed by atoms with Crippen molar-refractivity contribution in [2.45, 2.75) is 45.4 Å². The maximum absolute atomic E-state index is 13.0. The van der Waals surface area contributed by atoms with E-state index in [2.05, 4.69) is 12.2 Å². The van der Waals surface area contributed by atoms with Crippen LogP contribution in [0.5, 0.6) is 0 Å². The highest BCUT2D eigenvalue weighted by atomic mass is 35.5. The minimum absolute atomic E-state index is 0.250. The summed E-state index contributed by atoms with van der Waals surface area (Å²) in [5, 5.41) is 3.75. The van der Waals surface area contributed by atoms with E-state index >= 15 is 0 Å². The summed E-state index contributed by atoms with van der Waals surface area (Å²) in [6.07, 6.45) is 7.53. The molecule has 0 aliphatic heterocycles. The first-order valence-corrected chi connectivity index (χ1v) is 6.80. The second-order valence-electron chi connectivity index (χ2n) is 4.32. The highest BCUT2D eigenvalue weighted by molar-refractivity contribution is 6.33. The van der Waals surface area contributed by atoms with Crippen LogP contribution in [0, 0.1) is 5.82 Å². The average molecular weight is 258 g/mol. The molecule has 0 radical (unpaired) electrons. The Labute approximate surface area is 108 Å². The third-order valence-electron chi connectivity index (χ3n) is 2.77. The summed E-state index contributed by atoms with van der Waals surface area (Å²) in [7, 11) is 0. The standard InChI is InChI=1S/C14H21ClFN/c1-2-3-4-5-6-7-10-17-14-11-12(16)8-9-13(14)15/h8-9,11,17H,2-7,10H2,1H3. The number of anilines is 1.